The zero-order valence-electron chi connectivity index (χ0n) is 14.2. The van der Waals surface area contributed by atoms with Gasteiger partial charge in [-0.1, -0.05) is 0 Å². The van der Waals surface area contributed by atoms with Gasteiger partial charge in [0.25, 0.3) is 0 Å². The maximum absolute atomic E-state index is 12.5. The Morgan fingerprint density at radius 1 is 1.13 bits per heavy atom. The molecule has 3 aliphatic rings. The summed E-state index contributed by atoms with van der Waals surface area (Å²) in [6.07, 6.45) is 5.21. The van der Waals surface area contributed by atoms with Gasteiger partial charge in [-0.2, -0.15) is 0 Å². The third-order valence-corrected chi connectivity index (χ3v) is 5.70. The van der Waals surface area contributed by atoms with Crippen LogP contribution in [0, 0.1) is 5.41 Å². The Balaban J connectivity index is 1.56. The predicted octanol–water partition coefficient (Wildman–Crippen LogP) is 1.29. The zero-order valence-corrected chi connectivity index (χ0v) is 14.2. The van der Waals surface area contributed by atoms with Crippen molar-refractivity contribution in [2.24, 2.45) is 5.41 Å². The molecule has 130 valence electrons. The van der Waals surface area contributed by atoms with E-state index >= 15 is 0 Å². The van der Waals surface area contributed by atoms with Gasteiger partial charge in [-0.25, -0.2) is 4.79 Å². The Labute approximate surface area is 138 Å². The fraction of sp³-hybridized carbons (Fsp3) is 0.882. The molecule has 6 heteroatoms. The van der Waals surface area contributed by atoms with Crippen molar-refractivity contribution < 1.29 is 14.7 Å². The Morgan fingerprint density at radius 2 is 1.74 bits per heavy atom. The second-order valence-electron chi connectivity index (χ2n) is 7.59. The summed E-state index contributed by atoms with van der Waals surface area (Å²) in [5.74, 6) is 0.159. The van der Waals surface area contributed by atoms with E-state index in [-0.39, 0.29) is 17.4 Å². The number of aliphatic hydroxyl groups excluding tert-OH is 1. The molecule has 3 saturated heterocycles. The van der Waals surface area contributed by atoms with Gasteiger partial charge in [0, 0.05) is 45.7 Å². The van der Waals surface area contributed by atoms with Crippen molar-refractivity contribution >= 4 is 11.9 Å². The highest BCUT2D eigenvalue weighted by Crippen LogP contribution is 2.40. The molecule has 3 amide bonds. The van der Waals surface area contributed by atoms with Gasteiger partial charge < -0.3 is 19.8 Å². The molecule has 0 aromatic heterocycles. The topological polar surface area (TPSA) is 64.1 Å². The van der Waals surface area contributed by atoms with E-state index in [1.807, 2.05) is 14.7 Å². The lowest BCUT2D eigenvalue weighted by molar-refractivity contribution is -0.140. The van der Waals surface area contributed by atoms with Gasteiger partial charge in [-0.15, -0.1) is 0 Å². The summed E-state index contributed by atoms with van der Waals surface area (Å²) in [5, 5.41) is 9.59. The van der Waals surface area contributed by atoms with Crippen LogP contribution in [0.15, 0.2) is 0 Å². The van der Waals surface area contributed by atoms with Crippen molar-refractivity contribution in [1.82, 2.24) is 14.7 Å². The first-order valence-electron chi connectivity index (χ1n) is 8.99. The number of carbonyl (C=O) groups is 2. The van der Waals surface area contributed by atoms with Crippen molar-refractivity contribution in [2.45, 2.75) is 51.6 Å². The third-order valence-electron chi connectivity index (χ3n) is 5.70. The molecule has 0 aromatic rings. The average Bonchev–Trinajstić information content (AvgIpc) is 3.05. The van der Waals surface area contributed by atoms with E-state index < -0.39 is 6.10 Å². The molecule has 0 radical (unpaired) electrons. The molecule has 0 aromatic carbocycles. The molecule has 1 unspecified atom stereocenters. The minimum atomic E-state index is -0.481. The lowest BCUT2D eigenvalue weighted by Crippen LogP contribution is -2.54. The SMILES string of the molecule is CC(O)CN1CC2(CCC1=O)CCN(C(=O)N1CCCC1)CC2. The van der Waals surface area contributed by atoms with Crippen LogP contribution in [-0.4, -0.2) is 77.1 Å². The fourth-order valence-corrected chi connectivity index (χ4v) is 4.28. The summed E-state index contributed by atoms with van der Waals surface area (Å²) in [5.41, 5.74) is 0.143. The molecular formula is C17H29N3O3. The van der Waals surface area contributed by atoms with Crippen LogP contribution >= 0.6 is 0 Å². The lowest BCUT2D eigenvalue weighted by atomic mass is 9.72. The Morgan fingerprint density at radius 3 is 2.35 bits per heavy atom. The summed E-state index contributed by atoms with van der Waals surface area (Å²) >= 11 is 0. The van der Waals surface area contributed by atoms with Gasteiger partial charge in [0.15, 0.2) is 0 Å². The van der Waals surface area contributed by atoms with Crippen LogP contribution < -0.4 is 0 Å². The first kappa shape index (κ1) is 16.6. The summed E-state index contributed by atoms with van der Waals surface area (Å²) in [6.45, 7) is 6.29. The van der Waals surface area contributed by atoms with Crippen molar-refractivity contribution in [2.75, 3.05) is 39.3 Å². The highest BCUT2D eigenvalue weighted by Gasteiger charge is 2.42. The van der Waals surface area contributed by atoms with E-state index in [0.717, 1.165) is 64.8 Å². The van der Waals surface area contributed by atoms with E-state index in [1.54, 1.807) is 6.92 Å². The molecule has 23 heavy (non-hydrogen) atoms. The molecule has 3 fully saturated rings. The molecule has 0 saturated carbocycles. The molecule has 1 atom stereocenters. The van der Waals surface area contributed by atoms with Gasteiger partial charge in [0.1, 0.15) is 0 Å². The standard InChI is InChI=1S/C17H29N3O3/c1-14(21)12-20-13-17(5-4-15(20)22)6-10-19(11-7-17)16(23)18-8-2-3-9-18/h14,21H,2-13H2,1H3. The van der Waals surface area contributed by atoms with Crippen LogP contribution in [0.3, 0.4) is 0 Å². The minimum Gasteiger partial charge on any atom is -0.392 e. The predicted molar refractivity (Wildman–Crippen MR) is 86.9 cm³/mol. The number of urea groups is 1. The fourth-order valence-electron chi connectivity index (χ4n) is 4.28. The maximum atomic E-state index is 12.5. The molecular weight excluding hydrogens is 294 g/mol. The number of hydrogen-bond acceptors (Lipinski definition) is 3. The molecule has 6 nitrogen and oxygen atoms in total. The number of β-amino-alcohol motifs (C(OH)–C–C–N with tert-alkyl or cyclic N) is 1. The van der Waals surface area contributed by atoms with E-state index in [4.69, 9.17) is 0 Å². The van der Waals surface area contributed by atoms with Crippen molar-refractivity contribution in [3.63, 3.8) is 0 Å². The van der Waals surface area contributed by atoms with Crippen LogP contribution in [0.4, 0.5) is 4.79 Å². The van der Waals surface area contributed by atoms with Gasteiger partial charge in [0.05, 0.1) is 6.10 Å². The second kappa shape index (κ2) is 6.67. The Kier molecular flexibility index (Phi) is 4.80. The third kappa shape index (κ3) is 3.62. The molecule has 1 spiro atoms. The van der Waals surface area contributed by atoms with Crippen LogP contribution in [0.2, 0.25) is 0 Å². The number of nitrogens with zero attached hydrogens (tertiary/aromatic N) is 3. The number of aliphatic hydroxyl groups is 1. The monoisotopic (exact) mass is 323 g/mol. The van der Waals surface area contributed by atoms with Gasteiger partial charge in [0.2, 0.25) is 5.91 Å². The Bertz CT molecular complexity index is 452. The smallest absolute Gasteiger partial charge is 0.319 e. The highest BCUT2D eigenvalue weighted by atomic mass is 16.3. The van der Waals surface area contributed by atoms with E-state index in [2.05, 4.69) is 0 Å². The molecule has 3 heterocycles. The molecule has 1 N–H and O–H groups in total. The molecule has 0 aliphatic carbocycles. The first-order chi connectivity index (χ1) is 11.0. The second-order valence-corrected chi connectivity index (χ2v) is 7.59. The Hall–Kier alpha value is -1.30. The summed E-state index contributed by atoms with van der Waals surface area (Å²) in [6, 6.07) is 0.199. The largest absolute Gasteiger partial charge is 0.392 e. The number of amides is 3. The zero-order chi connectivity index (χ0) is 16.4. The average molecular weight is 323 g/mol. The van der Waals surface area contributed by atoms with Crippen LogP contribution in [0.25, 0.3) is 0 Å². The van der Waals surface area contributed by atoms with Crippen LogP contribution in [0.5, 0.6) is 0 Å². The van der Waals surface area contributed by atoms with Crippen molar-refractivity contribution in [3.8, 4) is 0 Å². The summed E-state index contributed by atoms with van der Waals surface area (Å²) in [7, 11) is 0. The molecule has 3 rings (SSSR count). The quantitative estimate of drug-likeness (QED) is 0.833. The number of piperidine rings is 2. The van der Waals surface area contributed by atoms with E-state index in [0.29, 0.717) is 13.0 Å². The highest BCUT2D eigenvalue weighted by molar-refractivity contribution is 5.77. The van der Waals surface area contributed by atoms with Crippen molar-refractivity contribution in [3.05, 3.63) is 0 Å². The van der Waals surface area contributed by atoms with Gasteiger partial charge >= 0.3 is 6.03 Å². The van der Waals surface area contributed by atoms with Crippen LogP contribution in [0.1, 0.15) is 45.4 Å². The number of likely N-dealkylation sites (tertiary alicyclic amines) is 3. The van der Waals surface area contributed by atoms with Crippen molar-refractivity contribution in [1.29, 1.82) is 0 Å². The summed E-state index contributed by atoms with van der Waals surface area (Å²) in [4.78, 5) is 30.3. The minimum absolute atomic E-state index is 0.143. The van der Waals surface area contributed by atoms with E-state index in [9.17, 15) is 14.7 Å². The first-order valence-corrected chi connectivity index (χ1v) is 8.99. The van der Waals surface area contributed by atoms with E-state index in [1.165, 1.54) is 0 Å². The maximum Gasteiger partial charge on any atom is 0.319 e. The van der Waals surface area contributed by atoms with Gasteiger partial charge in [-0.3, -0.25) is 4.79 Å². The van der Waals surface area contributed by atoms with Crippen LogP contribution in [-0.2, 0) is 4.79 Å². The lowest BCUT2D eigenvalue weighted by Gasteiger charge is -2.48. The van der Waals surface area contributed by atoms with Gasteiger partial charge in [-0.05, 0) is 44.4 Å². The normalized spacial score (nSPS) is 26.0. The number of hydrogen-bond donors (Lipinski definition) is 1. The molecule has 3 aliphatic heterocycles. The number of rotatable bonds is 2. The summed E-state index contributed by atoms with van der Waals surface area (Å²) < 4.78 is 0. The molecule has 0 bridgehead atoms. The number of carbonyl (C=O) groups excluding carboxylic acids is 2.